The molecule has 0 radical (unpaired) electrons. The molecule has 11 heteroatoms. The smallest absolute Gasteiger partial charge is 0.252 e. The highest BCUT2D eigenvalue weighted by atomic mass is 19.3. The number of nitrogens with one attached hydrogen (secondary N) is 1. The molecule has 0 aromatic carbocycles. The van der Waals surface area contributed by atoms with Gasteiger partial charge in [0.2, 0.25) is 5.95 Å². The van der Waals surface area contributed by atoms with Gasteiger partial charge in [0.15, 0.2) is 5.65 Å². The molecule has 1 N–H and O–H groups in total. The average Bonchev–Trinajstić information content (AvgIpc) is 3.41. The lowest BCUT2D eigenvalue weighted by atomic mass is 9.87. The van der Waals surface area contributed by atoms with E-state index < -0.39 is 5.92 Å². The summed E-state index contributed by atoms with van der Waals surface area (Å²) in [6.45, 7) is 1.83. The second-order valence-corrected chi connectivity index (χ2v) is 8.18. The predicted molar refractivity (Wildman–Crippen MR) is 114 cm³/mol. The molecule has 5 heterocycles. The average molecular weight is 435 g/mol. The number of aromatic nitrogens is 8. The Bertz CT molecular complexity index is 1470. The molecule has 5 aromatic rings. The van der Waals surface area contributed by atoms with Crippen LogP contribution in [-0.4, -0.2) is 44.8 Å². The zero-order valence-corrected chi connectivity index (χ0v) is 17.4. The lowest BCUT2D eigenvalue weighted by Crippen LogP contribution is -2.37. The van der Waals surface area contributed by atoms with Crippen LogP contribution in [0.5, 0.6) is 0 Å². The van der Waals surface area contributed by atoms with Crippen molar-refractivity contribution in [1.82, 2.24) is 38.9 Å². The van der Waals surface area contributed by atoms with Crippen molar-refractivity contribution >= 4 is 28.3 Å². The number of imidazole rings is 1. The molecule has 0 unspecified atom stereocenters. The summed E-state index contributed by atoms with van der Waals surface area (Å²) >= 11 is 0. The first-order valence-electron chi connectivity index (χ1n) is 10.2. The van der Waals surface area contributed by atoms with E-state index in [1.54, 1.807) is 27.8 Å². The highest BCUT2D eigenvalue weighted by Crippen LogP contribution is 2.47. The third-order valence-corrected chi connectivity index (χ3v) is 5.85. The minimum absolute atomic E-state index is 0.167. The van der Waals surface area contributed by atoms with Crippen LogP contribution in [0.4, 0.5) is 20.4 Å². The van der Waals surface area contributed by atoms with Gasteiger partial charge in [-0.1, -0.05) is 0 Å². The van der Waals surface area contributed by atoms with E-state index in [1.165, 1.54) is 0 Å². The summed E-state index contributed by atoms with van der Waals surface area (Å²) in [5, 5.41) is 11.8. The number of fused-ring (bicyclic) bond motifs is 2. The van der Waals surface area contributed by atoms with E-state index in [9.17, 15) is 8.78 Å². The maximum atomic E-state index is 13.5. The van der Waals surface area contributed by atoms with E-state index in [0.29, 0.717) is 17.4 Å². The van der Waals surface area contributed by atoms with Gasteiger partial charge >= 0.3 is 0 Å². The minimum atomic E-state index is -2.60. The number of hydrogen-bond donors (Lipinski definition) is 1. The Balaban J connectivity index is 1.37. The lowest BCUT2D eigenvalue weighted by molar-refractivity contribution is -0.103. The van der Waals surface area contributed by atoms with Gasteiger partial charge in [-0.25, -0.2) is 28.2 Å². The van der Waals surface area contributed by atoms with Gasteiger partial charge in [0.1, 0.15) is 5.82 Å². The van der Waals surface area contributed by atoms with E-state index in [2.05, 4.69) is 30.5 Å². The van der Waals surface area contributed by atoms with Crippen molar-refractivity contribution in [1.29, 1.82) is 0 Å². The molecular formula is C21H19F2N9. The number of rotatable bonds is 4. The van der Waals surface area contributed by atoms with Gasteiger partial charge in [-0.05, 0) is 19.1 Å². The Labute approximate surface area is 180 Å². The maximum absolute atomic E-state index is 13.5. The van der Waals surface area contributed by atoms with E-state index >= 15 is 0 Å². The van der Waals surface area contributed by atoms with Crippen LogP contribution in [0, 0.1) is 6.92 Å². The van der Waals surface area contributed by atoms with Crippen molar-refractivity contribution < 1.29 is 8.78 Å². The van der Waals surface area contributed by atoms with Crippen molar-refractivity contribution in [3.05, 3.63) is 48.9 Å². The second kappa shape index (κ2) is 6.55. The fraction of sp³-hybridized carbons (Fsp3) is 0.286. The highest BCUT2D eigenvalue weighted by Gasteiger charge is 2.47. The van der Waals surface area contributed by atoms with Crippen LogP contribution < -0.4 is 5.32 Å². The molecule has 6 rings (SSSR count). The molecule has 0 bridgehead atoms. The monoisotopic (exact) mass is 435 g/mol. The summed E-state index contributed by atoms with van der Waals surface area (Å²) in [7, 11) is 1.84. The van der Waals surface area contributed by atoms with Gasteiger partial charge in [0, 0.05) is 55.6 Å². The molecule has 1 saturated carbocycles. The van der Waals surface area contributed by atoms with Crippen molar-refractivity contribution in [2.45, 2.75) is 31.7 Å². The SMILES string of the molecule is Cc1nc2ncc(-c3ccn4nc(Nc5cnn(C)c5)ncc34)cc2n1C1CC(F)(F)C1. The van der Waals surface area contributed by atoms with Crippen molar-refractivity contribution in [2.24, 2.45) is 7.05 Å². The molecule has 0 amide bonds. The van der Waals surface area contributed by atoms with Gasteiger partial charge < -0.3 is 9.88 Å². The van der Waals surface area contributed by atoms with Crippen molar-refractivity contribution in [3.8, 4) is 11.1 Å². The highest BCUT2D eigenvalue weighted by molar-refractivity contribution is 5.85. The summed E-state index contributed by atoms with van der Waals surface area (Å²) in [4.78, 5) is 13.4. The Morgan fingerprint density at radius 1 is 1.12 bits per heavy atom. The second-order valence-electron chi connectivity index (χ2n) is 8.18. The normalized spacial score (nSPS) is 16.0. The van der Waals surface area contributed by atoms with Crippen LogP contribution >= 0.6 is 0 Å². The molecule has 0 atom stereocenters. The van der Waals surface area contributed by atoms with Crippen LogP contribution in [0.2, 0.25) is 0 Å². The van der Waals surface area contributed by atoms with Crippen LogP contribution in [0.15, 0.2) is 43.1 Å². The van der Waals surface area contributed by atoms with E-state index in [4.69, 9.17) is 0 Å². The summed E-state index contributed by atoms with van der Waals surface area (Å²) in [5.41, 5.74) is 4.67. The number of halogens is 2. The summed E-state index contributed by atoms with van der Waals surface area (Å²) in [6.07, 6.45) is 8.52. The fourth-order valence-electron chi connectivity index (χ4n) is 4.33. The van der Waals surface area contributed by atoms with Crippen LogP contribution in [0.1, 0.15) is 24.7 Å². The van der Waals surface area contributed by atoms with Crippen LogP contribution in [0.3, 0.4) is 0 Å². The zero-order valence-electron chi connectivity index (χ0n) is 17.4. The Kier molecular flexibility index (Phi) is 3.86. The molecule has 0 aliphatic heterocycles. The first kappa shape index (κ1) is 18.8. The molecule has 0 saturated heterocycles. The number of hydrogen-bond acceptors (Lipinski definition) is 6. The van der Waals surface area contributed by atoms with Gasteiger partial charge in [-0.2, -0.15) is 5.10 Å². The topological polar surface area (TPSA) is 90.8 Å². The van der Waals surface area contributed by atoms with E-state index in [0.717, 1.165) is 27.8 Å². The van der Waals surface area contributed by atoms with Crippen molar-refractivity contribution in [3.63, 3.8) is 0 Å². The Morgan fingerprint density at radius 3 is 2.72 bits per heavy atom. The quantitative estimate of drug-likeness (QED) is 0.461. The summed E-state index contributed by atoms with van der Waals surface area (Å²) in [5.74, 6) is -1.46. The van der Waals surface area contributed by atoms with Crippen LogP contribution in [-0.2, 0) is 7.05 Å². The lowest BCUT2D eigenvalue weighted by Gasteiger charge is -2.36. The molecule has 1 fully saturated rings. The number of alkyl halides is 2. The molecule has 162 valence electrons. The van der Waals surface area contributed by atoms with E-state index in [1.807, 2.05) is 43.1 Å². The first-order valence-corrected chi connectivity index (χ1v) is 10.2. The fourth-order valence-corrected chi connectivity index (χ4v) is 4.33. The molecular weight excluding hydrogens is 416 g/mol. The maximum Gasteiger partial charge on any atom is 0.252 e. The van der Waals surface area contributed by atoms with Gasteiger partial charge in [0.05, 0.1) is 29.1 Å². The van der Waals surface area contributed by atoms with E-state index in [-0.39, 0.29) is 18.9 Å². The number of pyridine rings is 1. The molecule has 0 spiro atoms. The largest absolute Gasteiger partial charge is 0.323 e. The Morgan fingerprint density at radius 2 is 1.97 bits per heavy atom. The summed E-state index contributed by atoms with van der Waals surface area (Å²) in [6, 6.07) is 3.63. The minimum Gasteiger partial charge on any atom is -0.323 e. The summed E-state index contributed by atoms with van der Waals surface area (Å²) < 4.78 is 32.3. The molecule has 1 aliphatic carbocycles. The Hall–Kier alpha value is -3.89. The predicted octanol–water partition coefficient (Wildman–Crippen LogP) is 3.90. The number of aryl methyl sites for hydroxylation is 2. The first-order chi connectivity index (χ1) is 15.4. The number of nitrogens with zero attached hydrogens (tertiary/aromatic N) is 8. The molecule has 32 heavy (non-hydrogen) atoms. The molecule has 1 aliphatic rings. The van der Waals surface area contributed by atoms with Gasteiger partial charge in [-0.3, -0.25) is 4.68 Å². The van der Waals surface area contributed by atoms with Gasteiger partial charge in [-0.15, -0.1) is 5.10 Å². The molecule has 9 nitrogen and oxygen atoms in total. The molecule has 5 aromatic heterocycles. The standard InChI is InChI=1S/C21H19F2N9/c1-12-27-19-17(32(12)15-6-21(22,23)7-15)5-13(8-24-19)16-3-4-31-18(16)10-25-20(29-31)28-14-9-26-30(2)11-14/h3-5,8-11,15H,6-7H2,1-2H3,(H,28,29). The zero-order chi connectivity index (χ0) is 22.0. The third-order valence-electron chi connectivity index (χ3n) is 5.85. The van der Waals surface area contributed by atoms with Gasteiger partial charge in [0.25, 0.3) is 5.92 Å². The third kappa shape index (κ3) is 3.00. The van der Waals surface area contributed by atoms with Crippen LogP contribution in [0.25, 0.3) is 27.8 Å². The number of anilines is 2. The van der Waals surface area contributed by atoms with Crippen molar-refractivity contribution in [2.75, 3.05) is 5.32 Å².